The maximum atomic E-state index is 12.2. The number of aryl methyl sites for hydroxylation is 1. The fraction of sp³-hybridized carbons (Fsp3) is 0.611. The third-order valence-corrected chi connectivity index (χ3v) is 4.40. The molecule has 0 aliphatic carbocycles. The van der Waals surface area contributed by atoms with Crippen LogP contribution < -0.4 is 4.74 Å². The van der Waals surface area contributed by atoms with Crippen molar-refractivity contribution in [3.05, 3.63) is 29.3 Å². The Hall–Kier alpha value is -1.55. The summed E-state index contributed by atoms with van der Waals surface area (Å²) < 4.78 is 5.68. The van der Waals surface area contributed by atoms with Gasteiger partial charge < -0.3 is 14.5 Å². The van der Waals surface area contributed by atoms with E-state index in [4.69, 9.17) is 4.74 Å². The molecular formula is C18H28N2O2. The van der Waals surface area contributed by atoms with Gasteiger partial charge in [-0.3, -0.25) is 4.79 Å². The maximum Gasteiger partial charge on any atom is 0.260 e. The van der Waals surface area contributed by atoms with Gasteiger partial charge in [-0.1, -0.05) is 26.8 Å². The molecule has 0 atom stereocenters. The normalized spacial score (nSPS) is 16.1. The molecule has 0 saturated carbocycles. The quantitative estimate of drug-likeness (QED) is 0.838. The molecule has 1 fully saturated rings. The SMILES string of the molecule is CCN1CCN(C(=O)COc2ccc(C(C)C)c(C)c2)CC1. The smallest absolute Gasteiger partial charge is 0.260 e. The Bertz CT molecular complexity index is 506. The van der Waals surface area contributed by atoms with E-state index in [-0.39, 0.29) is 12.5 Å². The zero-order valence-electron chi connectivity index (χ0n) is 14.3. The Labute approximate surface area is 134 Å². The summed E-state index contributed by atoms with van der Waals surface area (Å²) in [6.45, 7) is 13.3. The number of likely N-dealkylation sites (N-methyl/N-ethyl adjacent to an activating group) is 1. The number of piperazine rings is 1. The average molecular weight is 304 g/mol. The van der Waals surface area contributed by atoms with Crippen molar-refractivity contribution >= 4 is 5.91 Å². The van der Waals surface area contributed by atoms with Gasteiger partial charge in [0.1, 0.15) is 5.75 Å². The van der Waals surface area contributed by atoms with Gasteiger partial charge in [0.25, 0.3) is 5.91 Å². The Morgan fingerprint density at radius 2 is 1.91 bits per heavy atom. The van der Waals surface area contributed by atoms with E-state index >= 15 is 0 Å². The van der Waals surface area contributed by atoms with E-state index in [9.17, 15) is 4.79 Å². The second-order valence-electron chi connectivity index (χ2n) is 6.28. The zero-order valence-corrected chi connectivity index (χ0v) is 14.3. The second kappa shape index (κ2) is 7.63. The van der Waals surface area contributed by atoms with Crippen molar-refractivity contribution in [3.8, 4) is 5.75 Å². The molecule has 0 N–H and O–H groups in total. The third kappa shape index (κ3) is 4.23. The standard InChI is InChI=1S/C18H28N2O2/c1-5-19-8-10-20(11-9-19)18(21)13-22-16-6-7-17(14(2)3)15(4)12-16/h6-7,12,14H,5,8-11,13H2,1-4H3. The molecule has 1 amide bonds. The van der Waals surface area contributed by atoms with E-state index in [0.717, 1.165) is 38.5 Å². The summed E-state index contributed by atoms with van der Waals surface area (Å²) in [6, 6.07) is 6.09. The van der Waals surface area contributed by atoms with E-state index in [0.29, 0.717) is 5.92 Å². The van der Waals surface area contributed by atoms with Crippen LogP contribution in [0.15, 0.2) is 18.2 Å². The number of carbonyl (C=O) groups excluding carboxylic acids is 1. The highest BCUT2D eigenvalue weighted by molar-refractivity contribution is 5.77. The Kier molecular flexibility index (Phi) is 5.83. The Balaban J connectivity index is 1.85. The van der Waals surface area contributed by atoms with Crippen molar-refractivity contribution in [1.29, 1.82) is 0 Å². The third-order valence-electron chi connectivity index (χ3n) is 4.40. The topological polar surface area (TPSA) is 32.8 Å². The van der Waals surface area contributed by atoms with Crippen LogP contribution >= 0.6 is 0 Å². The minimum atomic E-state index is 0.0846. The van der Waals surface area contributed by atoms with Crippen molar-refractivity contribution in [2.75, 3.05) is 39.3 Å². The van der Waals surface area contributed by atoms with Gasteiger partial charge in [-0.25, -0.2) is 0 Å². The van der Waals surface area contributed by atoms with Gasteiger partial charge in [0.2, 0.25) is 0 Å². The van der Waals surface area contributed by atoms with Crippen LogP contribution in [-0.4, -0.2) is 55.0 Å². The monoisotopic (exact) mass is 304 g/mol. The molecule has 0 bridgehead atoms. The van der Waals surface area contributed by atoms with Crippen LogP contribution in [0.2, 0.25) is 0 Å². The molecule has 1 aromatic rings. The molecule has 1 aliphatic heterocycles. The summed E-state index contributed by atoms with van der Waals surface area (Å²) in [4.78, 5) is 16.5. The number of hydrogen-bond acceptors (Lipinski definition) is 3. The molecule has 4 heteroatoms. The number of amides is 1. The van der Waals surface area contributed by atoms with Crippen molar-refractivity contribution < 1.29 is 9.53 Å². The largest absolute Gasteiger partial charge is 0.484 e. The minimum Gasteiger partial charge on any atom is -0.484 e. The highest BCUT2D eigenvalue weighted by Crippen LogP contribution is 2.23. The lowest BCUT2D eigenvalue weighted by atomic mass is 9.98. The molecule has 122 valence electrons. The van der Waals surface area contributed by atoms with Gasteiger partial charge in [-0.2, -0.15) is 0 Å². The summed E-state index contributed by atoms with van der Waals surface area (Å²) >= 11 is 0. The molecule has 2 rings (SSSR count). The fourth-order valence-electron chi connectivity index (χ4n) is 2.94. The van der Waals surface area contributed by atoms with Crippen molar-refractivity contribution in [1.82, 2.24) is 9.80 Å². The molecule has 1 aliphatic rings. The minimum absolute atomic E-state index is 0.0846. The molecule has 0 spiro atoms. The van der Waals surface area contributed by atoms with Crippen molar-refractivity contribution in [2.45, 2.75) is 33.6 Å². The molecule has 0 aromatic heterocycles. The Morgan fingerprint density at radius 3 is 2.45 bits per heavy atom. The number of hydrogen-bond donors (Lipinski definition) is 0. The fourth-order valence-corrected chi connectivity index (χ4v) is 2.94. The summed E-state index contributed by atoms with van der Waals surface area (Å²) in [5.41, 5.74) is 2.55. The molecule has 0 unspecified atom stereocenters. The van der Waals surface area contributed by atoms with Gasteiger partial charge in [0.15, 0.2) is 6.61 Å². The predicted molar refractivity (Wildman–Crippen MR) is 89.5 cm³/mol. The first-order valence-corrected chi connectivity index (χ1v) is 8.24. The van der Waals surface area contributed by atoms with Gasteiger partial charge in [-0.15, -0.1) is 0 Å². The second-order valence-corrected chi connectivity index (χ2v) is 6.28. The highest BCUT2D eigenvalue weighted by atomic mass is 16.5. The Morgan fingerprint density at radius 1 is 1.23 bits per heavy atom. The van der Waals surface area contributed by atoms with E-state index in [1.165, 1.54) is 11.1 Å². The van der Waals surface area contributed by atoms with E-state index < -0.39 is 0 Å². The first kappa shape index (κ1) is 16.8. The number of nitrogens with zero attached hydrogens (tertiary/aromatic N) is 2. The van der Waals surface area contributed by atoms with Crippen LogP contribution in [0, 0.1) is 6.92 Å². The van der Waals surface area contributed by atoms with Crippen LogP contribution in [0.5, 0.6) is 5.75 Å². The number of carbonyl (C=O) groups is 1. The van der Waals surface area contributed by atoms with E-state index in [2.05, 4.69) is 38.7 Å². The van der Waals surface area contributed by atoms with Crippen LogP contribution in [0.25, 0.3) is 0 Å². The van der Waals surface area contributed by atoms with Crippen molar-refractivity contribution in [3.63, 3.8) is 0 Å². The summed E-state index contributed by atoms with van der Waals surface area (Å²) in [5, 5.41) is 0. The lowest BCUT2D eigenvalue weighted by molar-refractivity contribution is -0.135. The van der Waals surface area contributed by atoms with Gasteiger partial charge in [-0.05, 0) is 42.6 Å². The average Bonchev–Trinajstić information content (AvgIpc) is 2.52. The van der Waals surface area contributed by atoms with Gasteiger partial charge in [0.05, 0.1) is 0 Å². The summed E-state index contributed by atoms with van der Waals surface area (Å²) in [5.74, 6) is 1.37. The van der Waals surface area contributed by atoms with E-state index in [1.807, 2.05) is 17.0 Å². The zero-order chi connectivity index (χ0) is 16.1. The number of rotatable bonds is 5. The summed E-state index contributed by atoms with van der Waals surface area (Å²) in [6.07, 6.45) is 0. The molecule has 0 radical (unpaired) electrons. The molecule has 1 heterocycles. The highest BCUT2D eigenvalue weighted by Gasteiger charge is 2.20. The predicted octanol–water partition coefficient (Wildman–Crippen LogP) is 2.66. The molecule has 4 nitrogen and oxygen atoms in total. The van der Waals surface area contributed by atoms with Crippen LogP contribution in [0.1, 0.15) is 37.8 Å². The van der Waals surface area contributed by atoms with Crippen LogP contribution in [-0.2, 0) is 4.79 Å². The van der Waals surface area contributed by atoms with Gasteiger partial charge >= 0.3 is 0 Å². The maximum absolute atomic E-state index is 12.2. The molecule has 1 aromatic carbocycles. The lowest BCUT2D eigenvalue weighted by Gasteiger charge is -2.33. The van der Waals surface area contributed by atoms with Gasteiger partial charge in [0, 0.05) is 26.2 Å². The lowest BCUT2D eigenvalue weighted by Crippen LogP contribution is -2.49. The molecule has 1 saturated heterocycles. The van der Waals surface area contributed by atoms with Crippen LogP contribution in [0.4, 0.5) is 0 Å². The van der Waals surface area contributed by atoms with Crippen LogP contribution in [0.3, 0.4) is 0 Å². The summed E-state index contributed by atoms with van der Waals surface area (Å²) in [7, 11) is 0. The molecule has 22 heavy (non-hydrogen) atoms. The first-order valence-electron chi connectivity index (χ1n) is 8.24. The van der Waals surface area contributed by atoms with Crippen molar-refractivity contribution in [2.24, 2.45) is 0 Å². The molecular weight excluding hydrogens is 276 g/mol. The van der Waals surface area contributed by atoms with E-state index in [1.54, 1.807) is 0 Å². The number of ether oxygens (including phenoxy) is 1. The first-order chi connectivity index (χ1) is 10.5. The number of benzene rings is 1.